The lowest BCUT2D eigenvalue weighted by molar-refractivity contribution is 0.305. The Bertz CT molecular complexity index is 320. The number of anilines is 1. The van der Waals surface area contributed by atoms with Crippen LogP contribution < -0.4 is 10.6 Å². The van der Waals surface area contributed by atoms with E-state index in [-0.39, 0.29) is 0 Å². The molecule has 1 fully saturated rings. The van der Waals surface area contributed by atoms with Crippen molar-refractivity contribution < 1.29 is 0 Å². The van der Waals surface area contributed by atoms with Gasteiger partial charge in [-0.3, -0.25) is 0 Å². The van der Waals surface area contributed by atoms with Gasteiger partial charge in [-0.05, 0) is 24.8 Å². The Hall–Kier alpha value is -1.03. The Morgan fingerprint density at radius 3 is 3.00 bits per heavy atom. The number of aromatic nitrogens is 2. The summed E-state index contributed by atoms with van der Waals surface area (Å²) in [5.41, 5.74) is 5.79. The molecular formula is C11H20N4. The molecule has 2 N–H and O–H groups in total. The topological polar surface area (TPSA) is 47.1 Å². The number of imidazole rings is 1. The fourth-order valence-corrected chi connectivity index (χ4v) is 2.30. The van der Waals surface area contributed by atoms with Gasteiger partial charge in [0.15, 0.2) is 0 Å². The van der Waals surface area contributed by atoms with Crippen LogP contribution in [-0.2, 0) is 7.05 Å². The van der Waals surface area contributed by atoms with E-state index in [9.17, 15) is 0 Å². The molecule has 0 bridgehead atoms. The van der Waals surface area contributed by atoms with Crippen molar-refractivity contribution in [2.75, 3.05) is 24.5 Å². The molecule has 0 aliphatic carbocycles. The fourth-order valence-electron chi connectivity index (χ4n) is 2.30. The average Bonchev–Trinajstić information content (AvgIpc) is 2.65. The van der Waals surface area contributed by atoms with E-state index in [0.717, 1.165) is 31.5 Å². The van der Waals surface area contributed by atoms with Crippen LogP contribution in [-0.4, -0.2) is 29.2 Å². The second-order valence-electron chi connectivity index (χ2n) is 4.55. The molecule has 4 nitrogen and oxygen atoms in total. The van der Waals surface area contributed by atoms with Crippen LogP contribution >= 0.6 is 0 Å². The number of nitrogens with zero attached hydrogens (tertiary/aromatic N) is 3. The van der Waals surface area contributed by atoms with Crippen molar-refractivity contribution in [3.63, 3.8) is 0 Å². The molecule has 84 valence electrons. The molecule has 0 amide bonds. The van der Waals surface area contributed by atoms with Gasteiger partial charge in [-0.15, -0.1) is 0 Å². The van der Waals surface area contributed by atoms with Crippen molar-refractivity contribution in [2.24, 2.45) is 24.6 Å². The molecule has 2 rings (SSSR count). The van der Waals surface area contributed by atoms with E-state index >= 15 is 0 Å². The van der Waals surface area contributed by atoms with Crippen LogP contribution in [0, 0.1) is 11.8 Å². The summed E-state index contributed by atoms with van der Waals surface area (Å²) in [7, 11) is 2.04. The Labute approximate surface area is 91.1 Å². The quantitative estimate of drug-likeness (QED) is 0.783. The summed E-state index contributed by atoms with van der Waals surface area (Å²) in [5.74, 6) is 2.42. The number of aryl methyl sites for hydroxylation is 1. The fraction of sp³-hybridized carbons (Fsp3) is 0.727. The van der Waals surface area contributed by atoms with E-state index < -0.39 is 0 Å². The van der Waals surface area contributed by atoms with Crippen molar-refractivity contribution in [1.29, 1.82) is 0 Å². The lowest BCUT2D eigenvalue weighted by atomic mass is 9.87. The predicted octanol–water partition coefficient (Wildman–Crippen LogP) is 0.841. The molecule has 2 unspecified atom stereocenters. The molecular weight excluding hydrogens is 188 g/mol. The largest absolute Gasteiger partial charge is 0.342 e. The minimum atomic E-state index is 0.607. The van der Waals surface area contributed by atoms with E-state index in [1.165, 1.54) is 6.42 Å². The number of nitrogens with two attached hydrogens (primary N) is 1. The van der Waals surface area contributed by atoms with Crippen LogP contribution in [0.5, 0.6) is 0 Å². The zero-order valence-corrected chi connectivity index (χ0v) is 9.56. The van der Waals surface area contributed by atoms with Gasteiger partial charge in [-0.2, -0.15) is 0 Å². The van der Waals surface area contributed by atoms with Gasteiger partial charge in [-0.1, -0.05) is 6.92 Å². The Kier molecular flexibility index (Phi) is 2.95. The summed E-state index contributed by atoms with van der Waals surface area (Å²) < 4.78 is 2.07. The summed E-state index contributed by atoms with van der Waals surface area (Å²) in [5, 5.41) is 0. The van der Waals surface area contributed by atoms with E-state index in [1.54, 1.807) is 0 Å². The lowest BCUT2D eigenvalue weighted by Gasteiger charge is -2.37. The van der Waals surface area contributed by atoms with Gasteiger partial charge in [0.05, 0.1) is 0 Å². The third-order valence-electron chi connectivity index (χ3n) is 3.50. The average molecular weight is 208 g/mol. The first-order valence-corrected chi connectivity index (χ1v) is 5.64. The van der Waals surface area contributed by atoms with Crippen molar-refractivity contribution in [3.8, 4) is 0 Å². The third kappa shape index (κ3) is 2.00. The van der Waals surface area contributed by atoms with Gasteiger partial charge in [-0.25, -0.2) is 4.98 Å². The van der Waals surface area contributed by atoms with Gasteiger partial charge in [0.2, 0.25) is 5.95 Å². The Balaban J connectivity index is 2.09. The summed E-state index contributed by atoms with van der Waals surface area (Å²) in [6, 6.07) is 0. The second-order valence-corrected chi connectivity index (χ2v) is 4.55. The van der Waals surface area contributed by atoms with Crippen LogP contribution in [0.4, 0.5) is 5.95 Å². The summed E-state index contributed by atoms with van der Waals surface area (Å²) in [4.78, 5) is 6.73. The molecule has 1 aliphatic heterocycles. The SMILES string of the molecule is CC1CCN(c2nccn2C)CC1CN. The standard InChI is InChI=1S/C11H20N4/c1-9-3-5-15(8-10(9)7-12)11-13-4-6-14(11)2/h4,6,9-10H,3,5,7-8,12H2,1-2H3. The minimum Gasteiger partial charge on any atom is -0.342 e. The number of piperidine rings is 1. The highest BCUT2D eigenvalue weighted by atomic mass is 15.3. The van der Waals surface area contributed by atoms with Crippen molar-refractivity contribution in [1.82, 2.24) is 9.55 Å². The summed E-state index contributed by atoms with van der Waals surface area (Å²) >= 11 is 0. The van der Waals surface area contributed by atoms with Gasteiger partial charge in [0, 0.05) is 32.5 Å². The number of hydrogen-bond donors (Lipinski definition) is 1. The van der Waals surface area contributed by atoms with Crippen LogP contribution in [0.25, 0.3) is 0 Å². The normalized spacial score (nSPS) is 27.0. The van der Waals surface area contributed by atoms with Crippen molar-refractivity contribution in [2.45, 2.75) is 13.3 Å². The first-order chi connectivity index (χ1) is 7.22. The molecule has 1 aliphatic rings. The zero-order valence-electron chi connectivity index (χ0n) is 9.56. The molecule has 4 heteroatoms. The number of rotatable bonds is 2. The van der Waals surface area contributed by atoms with Gasteiger partial charge >= 0.3 is 0 Å². The highest BCUT2D eigenvalue weighted by Gasteiger charge is 2.26. The minimum absolute atomic E-state index is 0.607. The van der Waals surface area contributed by atoms with E-state index in [1.807, 2.05) is 19.4 Å². The molecule has 0 radical (unpaired) electrons. The molecule has 0 saturated carbocycles. The zero-order chi connectivity index (χ0) is 10.8. The molecule has 15 heavy (non-hydrogen) atoms. The monoisotopic (exact) mass is 208 g/mol. The Morgan fingerprint density at radius 1 is 1.60 bits per heavy atom. The second kappa shape index (κ2) is 4.23. The predicted molar refractivity (Wildman–Crippen MR) is 61.7 cm³/mol. The van der Waals surface area contributed by atoms with Gasteiger partial charge in [0.25, 0.3) is 0 Å². The molecule has 0 aromatic carbocycles. The van der Waals surface area contributed by atoms with E-state index in [2.05, 4.69) is 21.4 Å². The number of hydrogen-bond acceptors (Lipinski definition) is 3. The maximum absolute atomic E-state index is 5.79. The van der Waals surface area contributed by atoms with E-state index in [0.29, 0.717) is 5.92 Å². The third-order valence-corrected chi connectivity index (χ3v) is 3.50. The van der Waals surface area contributed by atoms with Gasteiger partial charge < -0.3 is 15.2 Å². The van der Waals surface area contributed by atoms with Crippen LogP contribution in [0.2, 0.25) is 0 Å². The smallest absolute Gasteiger partial charge is 0.205 e. The van der Waals surface area contributed by atoms with Crippen molar-refractivity contribution >= 4 is 5.95 Å². The molecule has 1 saturated heterocycles. The molecule has 1 aromatic rings. The van der Waals surface area contributed by atoms with Crippen LogP contribution in [0.1, 0.15) is 13.3 Å². The van der Waals surface area contributed by atoms with Gasteiger partial charge in [0.1, 0.15) is 0 Å². The molecule has 0 spiro atoms. The Morgan fingerprint density at radius 2 is 2.40 bits per heavy atom. The van der Waals surface area contributed by atoms with E-state index in [4.69, 9.17) is 5.73 Å². The maximum Gasteiger partial charge on any atom is 0.205 e. The highest BCUT2D eigenvalue weighted by molar-refractivity contribution is 5.31. The first kappa shape index (κ1) is 10.5. The maximum atomic E-state index is 5.79. The highest BCUT2D eigenvalue weighted by Crippen LogP contribution is 2.25. The lowest BCUT2D eigenvalue weighted by Crippen LogP contribution is -2.43. The molecule has 2 atom stereocenters. The summed E-state index contributed by atoms with van der Waals surface area (Å²) in [6.45, 7) is 5.22. The molecule has 2 heterocycles. The van der Waals surface area contributed by atoms with Crippen LogP contribution in [0.3, 0.4) is 0 Å². The summed E-state index contributed by atoms with van der Waals surface area (Å²) in [6.07, 6.45) is 5.06. The van der Waals surface area contributed by atoms with Crippen molar-refractivity contribution in [3.05, 3.63) is 12.4 Å². The first-order valence-electron chi connectivity index (χ1n) is 5.64. The molecule has 1 aromatic heterocycles. The van der Waals surface area contributed by atoms with Crippen LogP contribution in [0.15, 0.2) is 12.4 Å².